The molecule has 10 aromatic rings. The molecule has 268 valence electrons. The van der Waals surface area contributed by atoms with Crippen LogP contribution in [0.4, 0.5) is 17.1 Å². The van der Waals surface area contributed by atoms with Gasteiger partial charge in [0.25, 0.3) is 0 Å². The van der Waals surface area contributed by atoms with Gasteiger partial charge in [0.15, 0.2) is 0 Å². The van der Waals surface area contributed by atoms with Crippen LogP contribution in [0.5, 0.6) is 11.5 Å². The molecule has 0 unspecified atom stereocenters. The Balaban J connectivity index is 1.17. The third kappa shape index (κ3) is 5.26. The first-order valence-electron chi connectivity index (χ1n) is 19.6. The van der Waals surface area contributed by atoms with E-state index in [4.69, 9.17) is 4.74 Å². The average molecular weight is 728 g/mol. The van der Waals surface area contributed by atoms with Gasteiger partial charge < -0.3 is 9.64 Å². The van der Waals surface area contributed by atoms with Crippen LogP contribution in [0.25, 0.3) is 43.4 Å². The molecule has 1 heterocycles. The highest BCUT2D eigenvalue weighted by Crippen LogP contribution is 2.56. The van der Waals surface area contributed by atoms with Gasteiger partial charge in [-0.3, -0.25) is 0 Å². The zero-order valence-corrected chi connectivity index (χ0v) is 31.2. The van der Waals surface area contributed by atoms with Crippen LogP contribution >= 0.6 is 0 Å². The van der Waals surface area contributed by atoms with Crippen molar-refractivity contribution in [2.75, 3.05) is 4.90 Å². The van der Waals surface area contributed by atoms with Gasteiger partial charge in [-0.1, -0.05) is 176 Å². The van der Waals surface area contributed by atoms with Crippen molar-refractivity contribution in [3.05, 3.63) is 247 Å². The Bertz CT molecular complexity index is 3020. The number of rotatable bonds is 6. The summed E-state index contributed by atoms with van der Waals surface area (Å²) in [5.74, 6) is 1.74. The molecule has 0 atom stereocenters. The molecular weight excluding hydrogens is 691 g/mol. The summed E-state index contributed by atoms with van der Waals surface area (Å²) < 4.78 is 6.64. The van der Waals surface area contributed by atoms with Crippen LogP contribution in [0, 0.1) is 0 Å². The number of anilines is 3. The Hall–Kier alpha value is -7.42. The summed E-state index contributed by atoms with van der Waals surface area (Å²) in [6, 6.07) is 81.2. The van der Waals surface area contributed by atoms with Gasteiger partial charge in [0, 0.05) is 28.2 Å². The van der Waals surface area contributed by atoms with E-state index in [9.17, 15) is 0 Å². The maximum atomic E-state index is 6.64. The van der Waals surface area contributed by atoms with E-state index in [1.54, 1.807) is 0 Å². The largest absolute Gasteiger partial charge is 0.457 e. The monoisotopic (exact) mass is 727 g/mol. The Morgan fingerprint density at radius 1 is 0.298 bits per heavy atom. The normalized spacial score (nSPS) is 12.8. The fourth-order valence-corrected chi connectivity index (χ4v) is 9.27. The van der Waals surface area contributed by atoms with Gasteiger partial charge in [-0.25, -0.2) is 0 Å². The lowest BCUT2D eigenvalue weighted by Crippen LogP contribution is -2.34. The van der Waals surface area contributed by atoms with Crippen LogP contribution < -0.4 is 9.64 Å². The molecule has 2 heteroatoms. The standard InChI is InChI=1S/C55H37NO/c1-3-16-38(17-4-1)39-30-32-42(33-31-39)56(44-34-35-49-47-24-8-7-22-45(47)46-23-9-10-25-48(46)50(49)37-44)43-21-15-20-41(36-43)55(40-18-5-2-6-19-40)51-26-11-13-28-53(51)57-54-29-14-12-27-52(54)55/h1-37H. The molecular formula is C55H37NO. The lowest BCUT2D eigenvalue weighted by Gasteiger charge is -2.42. The van der Waals surface area contributed by atoms with E-state index < -0.39 is 5.41 Å². The molecule has 0 saturated heterocycles. The molecule has 0 saturated carbocycles. The predicted octanol–water partition coefficient (Wildman–Crippen LogP) is 14.8. The number of ether oxygens (including phenoxy) is 1. The average Bonchev–Trinajstić information content (AvgIpc) is 3.29. The molecule has 0 bridgehead atoms. The number of hydrogen-bond acceptors (Lipinski definition) is 2. The quantitative estimate of drug-likeness (QED) is 0.158. The Morgan fingerprint density at radius 3 is 1.39 bits per heavy atom. The summed E-state index contributed by atoms with van der Waals surface area (Å²) in [7, 11) is 0. The van der Waals surface area contributed by atoms with Crippen molar-refractivity contribution in [1.82, 2.24) is 0 Å². The van der Waals surface area contributed by atoms with Crippen LogP contribution in [0.1, 0.15) is 22.3 Å². The number of nitrogens with zero attached hydrogens (tertiary/aromatic N) is 1. The lowest BCUT2D eigenvalue weighted by atomic mass is 9.63. The summed E-state index contributed by atoms with van der Waals surface area (Å²) in [5.41, 5.74) is 9.58. The summed E-state index contributed by atoms with van der Waals surface area (Å²) in [6.45, 7) is 0. The third-order valence-corrected chi connectivity index (χ3v) is 11.8. The van der Waals surface area contributed by atoms with Gasteiger partial charge in [-0.05, 0) is 103 Å². The van der Waals surface area contributed by atoms with Gasteiger partial charge in [0.05, 0.1) is 5.41 Å². The van der Waals surface area contributed by atoms with Crippen molar-refractivity contribution < 1.29 is 4.74 Å². The molecule has 11 rings (SSSR count). The molecule has 10 aromatic carbocycles. The smallest absolute Gasteiger partial charge is 0.132 e. The van der Waals surface area contributed by atoms with Crippen LogP contribution in [-0.2, 0) is 5.41 Å². The van der Waals surface area contributed by atoms with E-state index in [-0.39, 0.29) is 0 Å². The van der Waals surface area contributed by atoms with E-state index >= 15 is 0 Å². The highest BCUT2D eigenvalue weighted by Gasteiger charge is 2.45. The Morgan fingerprint density at radius 2 is 0.754 bits per heavy atom. The number of benzene rings is 10. The molecule has 57 heavy (non-hydrogen) atoms. The molecule has 0 amide bonds. The third-order valence-electron chi connectivity index (χ3n) is 11.8. The minimum atomic E-state index is -0.635. The summed E-state index contributed by atoms with van der Waals surface area (Å²) >= 11 is 0. The first-order chi connectivity index (χ1) is 28.3. The highest BCUT2D eigenvalue weighted by atomic mass is 16.5. The van der Waals surface area contributed by atoms with Gasteiger partial charge in [-0.2, -0.15) is 0 Å². The molecule has 0 radical (unpaired) electrons. The molecule has 0 fully saturated rings. The predicted molar refractivity (Wildman–Crippen MR) is 237 cm³/mol. The van der Waals surface area contributed by atoms with E-state index in [0.29, 0.717) is 0 Å². The van der Waals surface area contributed by atoms with E-state index in [0.717, 1.165) is 45.3 Å². The first-order valence-corrected chi connectivity index (χ1v) is 19.6. The molecule has 1 aliphatic rings. The Kier molecular flexibility index (Phi) is 7.75. The topological polar surface area (TPSA) is 12.5 Å². The zero-order valence-electron chi connectivity index (χ0n) is 31.2. The van der Waals surface area contributed by atoms with Gasteiger partial charge in [0.1, 0.15) is 11.5 Å². The van der Waals surface area contributed by atoms with E-state index in [1.165, 1.54) is 49.0 Å². The molecule has 1 aliphatic heterocycles. The van der Waals surface area contributed by atoms with Crippen LogP contribution in [0.3, 0.4) is 0 Å². The van der Waals surface area contributed by atoms with Gasteiger partial charge in [0.2, 0.25) is 0 Å². The fraction of sp³-hybridized carbons (Fsp3) is 0.0182. The first kappa shape index (κ1) is 33.0. The summed E-state index contributed by atoms with van der Waals surface area (Å²) in [4.78, 5) is 2.41. The maximum Gasteiger partial charge on any atom is 0.132 e. The summed E-state index contributed by atoms with van der Waals surface area (Å²) in [6.07, 6.45) is 0. The van der Waals surface area contributed by atoms with Crippen molar-refractivity contribution in [1.29, 1.82) is 0 Å². The second-order valence-electron chi connectivity index (χ2n) is 14.8. The molecule has 0 spiro atoms. The van der Waals surface area contributed by atoms with Crippen LogP contribution in [0.15, 0.2) is 224 Å². The maximum absolute atomic E-state index is 6.64. The summed E-state index contributed by atoms with van der Waals surface area (Å²) in [5, 5.41) is 7.54. The van der Waals surface area contributed by atoms with Crippen molar-refractivity contribution in [2.45, 2.75) is 5.41 Å². The van der Waals surface area contributed by atoms with Crippen molar-refractivity contribution in [2.24, 2.45) is 0 Å². The van der Waals surface area contributed by atoms with E-state index in [1.807, 2.05) is 0 Å². The fourth-order valence-electron chi connectivity index (χ4n) is 9.27. The lowest BCUT2D eigenvalue weighted by molar-refractivity contribution is 0.434. The van der Waals surface area contributed by atoms with Crippen LogP contribution in [-0.4, -0.2) is 0 Å². The minimum Gasteiger partial charge on any atom is -0.457 e. The van der Waals surface area contributed by atoms with Crippen molar-refractivity contribution in [3.63, 3.8) is 0 Å². The van der Waals surface area contributed by atoms with Crippen molar-refractivity contribution in [3.8, 4) is 22.6 Å². The molecule has 0 aliphatic carbocycles. The number of fused-ring (bicyclic) bond motifs is 8. The second-order valence-corrected chi connectivity index (χ2v) is 14.8. The number of hydrogen-bond donors (Lipinski definition) is 0. The SMILES string of the molecule is c1ccc(-c2ccc(N(c3cccc(C4(c5ccccc5)c5ccccc5Oc5ccccc54)c3)c3ccc4c5ccccc5c5ccccc5c4c3)cc2)cc1. The van der Waals surface area contributed by atoms with Crippen LogP contribution in [0.2, 0.25) is 0 Å². The molecule has 0 N–H and O–H groups in total. The van der Waals surface area contributed by atoms with E-state index in [2.05, 4.69) is 229 Å². The minimum absolute atomic E-state index is 0.635. The van der Waals surface area contributed by atoms with Crippen molar-refractivity contribution >= 4 is 49.4 Å². The Labute approximate surface area is 332 Å². The van der Waals surface area contributed by atoms with Gasteiger partial charge >= 0.3 is 0 Å². The second kappa shape index (κ2) is 13.4. The molecule has 0 aromatic heterocycles. The zero-order chi connectivity index (χ0) is 37.8. The highest BCUT2D eigenvalue weighted by molar-refractivity contribution is 6.25. The molecule has 2 nitrogen and oxygen atoms in total. The number of para-hydroxylation sites is 2. The van der Waals surface area contributed by atoms with Gasteiger partial charge in [-0.15, -0.1) is 0 Å².